The second-order valence-corrected chi connectivity index (χ2v) is 7.32. The number of hydrogen-bond donors (Lipinski definition) is 2. The molecule has 0 radical (unpaired) electrons. The monoisotopic (exact) mass is 345 g/mol. The lowest BCUT2D eigenvalue weighted by atomic mass is 9.93. The van der Waals surface area contributed by atoms with Crippen LogP contribution in [0, 0.1) is 5.92 Å². The molecule has 6 heteroatoms. The molecular formula is C18H23N3O2S. The third kappa shape index (κ3) is 4.01. The van der Waals surface area contributed by atoms with Crippen molar-refractivity contribution in [3.63, 3.8) is 0 Å². The number of thiazole rings is 1. The van der Waals surface area contributed by atoms with Crippen LogP contribution >= 0.6 is 11.3 Å². The molecule has 128 valence electrons. The van der Waals surface area contributed by atoms with Crippen LogP contribution in [0.25, 0.3) is 10.6 Å². The van der Waals surface area contributed by atoms with Crippen LogP contribution in [0.15, 0.2) is 29.6 Å². The Kier molecular flexibility index (Phi) is 5.28. The Morgan fingerprint density at radius 3 is 2.88 bits per heavy atom. The Bertz CT molecular complexity index is 697. The largest absolute Gasteiger partial charge is 0.393 e. The van der Waals surface area contributed by atoms with Crippen LogP contribution in [-0.4, -0.2) is 40.1 Å². The van der Waals surface area contributed by atoms with E-state index in [-0.39, 0.29) is 6.10 Å². The molecule has 0 bridgehead atoms. The Balaban J connectivity index is 1.66. The minimum atomic E-state index is -0.417. The van der Waals surface area contributed by atoms with E-state index in [1.807, 2.05) is 19.1 Å². The number of carbonyl (C=O) groups excluding carboxylic acids is 1. The van der Waals surface area contributed by atoms with E-state index in [2.05, 4.69) is 10.3 Å². The summed E-state index contributed by atoms with van der Waals surface area (Å²) in [5, 5.41) is 12.8. The van der Waals surface area contributed by atoms with Crippen molar-refractivity contribution >= 4 is 17.2 Å². The molecule has 0 aliphatic carbocycles. The number of amides is 1. The van der Waals surface area contributed by atoms with Gasteiger partial charge >= 0.3 is 0 Å². The Morgan fingerprint density at radius 2 is 2.21 bits per heavy atom. The number of nitrogens with two attached hydrogens (primary N) is 1. The fourth-order valence-electron chi connectivity index (χ4n) is 3.15. The van der Waals surface area contributed by atoms with Gasteiger partial charge in [0.05, 0.1) is 11.8 Å². The number of nitrogens with zero attached hydrogens (tertiary/aromatic N) is 2. The molecule has 1 aliphatic heterocycles. The van der Waals surface area contributed by atoms with Gasteiger partial charge < -0.3 is 10.8 Å². The summed E-state index contributed by atoms with van der Waals surface area (Å²) in [6.07, 6.45) is 1.98. The minimum Gasteiger partial charge on any atom is -0.393 e. The molecule has 1 aliphatic rings. The average molecular weight is 345 g/mol. The van der Waals surface area contributed by atoms with Gasteiger partial charge in [0.2, 0.25) is 5.91 Å². The zero-order valence-electron chi connectivity index (χ0n) is 13.8. The van der Waals surface area contributed by atoms with Gasteiger partial charge in [-0.25, -0.2) is 4.98 Å². The lowest BCUT2D eigenvalue weighted by Gasteiger charge is -2.33. The van der Waals surface area contributed by atoms with Crippen LogP contribution in [0.4, 0.5) is 0 Å². The maximum Gasteiger partial charge on any atom is 0.248 e. The molecule has 1 fully saturated rings. The number of rotatable bonds is 5. The summed E-state index contributed by atoms with van der Waals surface area (Å²) < 4.78 is 0. The SMILES string of the molecule is CC(O)C1CCCN(Cc2csc(-c3ccc(C(N)=O)cc3)n2)C1. The smallest absolute Gasteiger partial charge is 0.248 e. The van der Waals surface area contributed by atoms with Crippen LogP contribution in [-0.2, 0) is 6.54 Å². The van der Waals surface area contributed by atoms with E-state index in [1.165, 1.54) is 0 Å². The first-order chi connectivity index (χ1) is 11.5. The number of aliphatic hydroxyl groups is 1. The first-order valence-electron chi connectivity index (χ1n) is 8.28. The van der Waals surface area contributed by atoms with Gasteiger partial charge in [-0.05, 0) is 44.4 Å². The molecule has 24 heavy (non-hydrogen) atoms. The van der Waals surface area contributed by atoms with Crippen molar-refractivity contribution in [2.24, 2.45) is 11.7 Å². The molecular weight excluding hydrogens is 322 g/mol. The van der Waals surface area contributed by atoms with E-state index in [9.17, 15) is 9.90 Å². The first kappa shape index (κ1) is 17.1. The molecule has 1 aromatic carbocycles. The number of aromatic nitrogens is 1. The van der Waals surface area contributed by atoms with E-state index < -0.39 is 5.91 Å². The highest BCUT2D eigenvalue weighted by Gasteiger charge is 2.23. The van der Waals surface area contributed by atoms with Crippen LogP contribution in [0.1, 0.15) is 35.8 Å². The summed E-state index contributed by atoms with van der Waals surface area (Å²) in [5.74, 6) is -0.0580. The first-order valence-corrected chi connectivity index (χ1v) is 9.16. The highest BCUT2D eigenvalue weighted by atomic mass is 32.1. The summed E-state index contributed by atoms with van der Waals surface area (Å²) in [7, 11) is 0. The number of piperidine rings is 1. The predicted octanol–water partition coefficient (Wildman–Crippen LogP) is 2.50. The van der Waals surface area contributed by atoms with Crippen LogP contribution in [0.3, 0.4) is 0 Å². The Labute approximate surface area is 146 Å². The van der Waals surface area contributed by atoms with E-state index in [0.717, 1.165) is 48.7 Å². The number of hydrogen-bond acceptors (Lipinski definition) is 5. The fraction of sp³-hybridized carbons (Fsp3) is 0.444. The van der Waals surface area contributed by atoms with E-state index in [1.54, 1.807) is 23.5 Å². The summed E-state index contributed by atoms with van der Waals surface area (Å²) >= 11 is 1.61. The Morgan fingerprint density at radius 1 is 1.46 bits per heavy atom. The van der Waals surface area contributed by atoms with Gasteiger partial charge in [0.1, 0.15) is 5.01 Å². The van der Waals surface area contributed by atoms with E-state index in [4.69, 9.17) is 10.7 Å². The fourth-order valence-corrected chi connectivity index (χ4v) is 3.96. The van der Waals surface area contributed by atoms with Crippen molar-refractivity contribution in [1.82, 2.24) is 9.88 Å². The molecule has 0 saturated carbocycles. The van der Waals surface area contributed by atoms with Crippen molar-refractivity contribution in [2.75, 3.05) is 13.1 Å². The molecule has 2 aromatic rings. The molecule has 2 atom stereocenters. The summed E-state index contributed by atoms with van der Waals surface area (Å²) in [4.78, 5) is 18.2. The summed E-state index contributed by atoms with van der Waals surface area (Å²) in [6, 6.07) is 7.23. The van der Waals surface area contributed by atoms with Gasteiger partial charge in [0.25, 0.3) is 0 Å². The molecule has 3 rings (SSSR count). The van der Waals surface area contributed by atoms with Crippen LogP contribution in [0.5, 0.6) is 0 Å². The second-order valence-electron chi connectivity index (χ2n) is 6.46. The normalized spacial score (nSPS) is 20.0. The number of likely N-dealkylation sites (tertiary alicyclic amines) is 1. The van der Waals surface area contributed by atoms with Crippen molar-refractivity contribution in [3.05, 3.63) is 40.9 Å². The van der Waals surface area contributed by atoms with Gasteiger partial charge in [-0.3, -0.25) is 9.69 Å². The number of primary amides is 1. The lowest BCUT2D eigenvalue weighted by Crippen LogP contribution is -2.39. The van der Waals surface area contributed by atoms with Crippen molar-refractivity contribution < 1.29 is 9.90 Å². The van der Waals surface area contributed by atoms with Gasteiger partial charge in [0.15, 0.2) is 0 Å². The third-order valence-corrected chi connectivity index (χ3v) is 5.52. The van der Waals surface area contributed by atoms with Gasteiger partial charge in [-0.2, -0.15) is 0 Å². The Hall–Kier alpha value is -1.76. The maximum absolute atomic E-state index is 11.1. The maximum atomic E-state index is 11.1. The number of aliphatic hydroxyl groups excluding tert-OH is 1. The molecule has 1 aromatic heterocycles. The van der Waals surface area contributed by atoms with Crippen LogP contribution in [0.2, 0.25) is 0 Å². The van der Waals surface area contributed by atoms with Crippen molar-refractivity contribution in [2.45, 2.75) is 32.4 Å². The quantitative estimate of drug-likeness (QED) is 0.873. The van der Waals surface area contributed by atoms with Gasteiger partial charge in [-0.1, -0.05) is 12.1 Å². The van der Waals surface area contributed by atoms with Gasteiger partial charge in [-0.15, -0.1) is 11.3 Å². The van der Waals surface area contributed by atoms with E-state index >= 15 is 0 Å². The molecule has 0 spiro atoms. The zero-order valence-corrected chi connectivity index (χ0v) is 14.6. The molecule has 2 heterocycles. The predicted molar refractivity (Wildman–Crippen MR) is 95.7 cm³/mol. The average Bonchev–Trinajstić information content (AvgIpc) is 3.03. The topological polar surface area (TPSA) is 79.5 Å². The second kappa shape index (κ2) is 7.42. The number of carbonyl (C=O) groups is 1. The summed E-state index contributed by atoms with van der Waals surface area (Å²) in [5.41, 5.74) is 7.83. The van der Waals surface area contributed by atoms with Crippen molar-refractivity contribution in [1.29, 1.82) is 0 Å². The third-order valence-electron chi connectivity index (χ3n) is 4.58. The molecule has 1 saturated heterocycles. The highest BCUT2D eigenvalue weighted by molar-refractivity contribution is 7.13. The highest BCUT2D eigenvalue weighted by Crippen LogP contribution is 2.26. The van der Waals surface area contributed by atoms with Gasteiger partial charge in [0, 0.05) is 29.6 Å². The summed E-state index contributed by atoms with van der Waals surface area (Å²) in [6.45, 7) is 4.69. The van der Waals surface area contributed by atoms with Crippen molar-refractivity contribution in [3.8, 4) is 10.6 Å². The molecule has 2 unspecified atom stereocenters. The standard InChI is InChI=1S/C18H23N3O2S/c1-12(22)15-3-2-8-21(9-15)10-16-11-24-18(20-16)14-6-4-13(5-7-14)17(19)23/h4-7,11-12,15,22H,2-3,8-10H2,1H3,(H2,19,23). The number of benzene rings is 1. The van der Waals surface area contributed by atoms with E-state index in [0.29, 0.717) is 11.5 Å². The lowest BCUT2D eigenvalue weighted by molar-refractivity contribution is 0.0595. The van der Waals surface area contributed by atoms with Crippen LogP contribution < -0.4 is 5.73 Å². The zero-order chi connectivity index (χ0) is 17.1. The molecule has 1 amide bonds. The molecule has 5 nitrogen and oxygen atoms in total. The minimum absolute atomic E-state index is 0.248. The molecule has 3 N–H and O–H groups in total.